The zero-order valence-electron chi connectivity index (χ0n) is 46.7. The molecule has 2 nitrogen and oxygen atoms in total. The van der Waals surface area contributed by atoms with Gasteiger partial charge in [-0.05, 0) is 250 Å². The minimum Gasteiger partial charge on any atom is -0.375 e. The van der Waals surface area contributed by atoms with Crippen molar-refractivity contribution in [2.75, 3.05) is 4.90 Å². The highest BCUT2D eigenvalue weighted by Crippen LogP contribution is 2.65. The van der Waals surface area contributed by atoms with Crippen molar-refractivity contribution in [2.24, 2.45) is 35.5 Å². The maximum absolute atomic E-state index is 2.95. The van der Waals surface area contributed by atoms with Crippen LogP contribution in [0.3, 0.4) is 0 Å². The summed E-state index contributed by atoms with van der Waals surface area (Å²) in [5.41, 5.74) is 24.8. The molecule has 0 N–H and O–H groups in total. The molecule has 0 saturated heterocycles. The van der Waals surface area contributed by atoms with Gasteiger partial charge in [-0.25, -0.2) is 0 Å². The summed E-state index contributed by atoms with van der Waals surface area (Å²) in [6.45, 7) is 12.2. The molecule has 4 heterocycles. The quantitative estimate of drug-likeness (QED) is 0.160. The van der Waals surface area contributed by atoms with Gasteiger partial charge in [0.25, 0.3) is 0 Å². The van der Waals surface area contributed by atoms with Crippen LogP contribution in [0.25, 0.3) is 76.0 Å². The number of thiophene rings is 1. The normalized spacial score (nSPS) is 27.9. The van der Waals surface area contributed by atoms with Crippen LogP contribution < -0.4 is 15.1 Å². The van der Waals surface area contributed by atoms with Crippen molar-refractivity contribution in [3.63, 3.8) is 0 Å². The predicted octanol–water partition coefficient (Wildman–Crippen LogP) is 18.8. The first-order valence-electron chi connectivity index (χ1n) is 30.8. The molecule has 8 fully saturated rings. The Morgan fingerprint density at radius 3 is 1.82 bits per heavy atom. The second kappa shape index (κ2) is 15.1. The fraction of sp³-hybridized carbons (Fsp3) is 0.360. The number of rotatable bonds is 4. The molecule has 2 aliphatic heterocycles. The monoisotopic (exact) mass is 1040 g/mol. The Kier molecular flexibility index (Phi) is 8.70. The molecule has 0 spiro atoms. The summed E-state index contributed by atoms with van der Waals surface area (Å²) in [6, 6.07) is 59.1. The average molecular weight is 1040 g/mol. The summed E-state index contributed by atoms with van der Waals surface area (Å²) in [5.74, 6) is 5.32. The van der Waals surface area contributed by atoms with E-state index in [1.165, 1.54) is 197 Å². The summed E-state index contributed by atoms with van der Waals surface area (Å²) in [5, 5.41) is 7.01. The predicted molar refractivity (Wildman–Crippen MR) is 334 cm³/mol. The number of anilines is 3. The van der Waals surface area contributed by atoms with Crippen LogP contribution in [0.5, 0.6) is 0 Å². The van der Waals surface area contributed by atoms with Crippen LogP contribution in [0, 0.1) is 35.5 Å². The largest absolute Gasteiger partial charge is 0.375 e. The van der Waals surface area contributed by atoms with E-state index >= 15 is 0 Å². The van der Waals surface area contributed by atoms with Gasteiger partial charge in [0, 0.05) is 58.9 Å². The summed E-state index contributed by atoms with van der Waals surface area (Å²) >= 11 is 2.07. The van der Waals surface area contributed by atoms with Gasteiger partial charge in [-0.1, -0.05) is 126 Å². The Bertz CT molecular complexity index is 4300. The van der Waals surface area contributed by atoms with Gasteiger partial charge in [-0.2, -0.15) is 0 Å². The molecule has 0 unspecified atom stereocenters. The van der Waals surface area contributed by atoms with Gasteiger partial charge in [0.05, 0.1) is 11.4 Å². The lowest BCUT2D eigenvalue weighted by Crippen LogP contribution is -2.56. The molecule has 79 heavy (non-hydrogen) atoms. The van der Waals surface area contributed by atoms with Crippen molar-refractivity contribution in [3.8, 4) is 33.4 Å². The fourth-order valence-electron chi connectivity index (χ4n) is 20.9. The van der Waals surface area contributed by atoms with Crippen LogP contribution >= 0.6 is 11.3 Å². The maximum Gasteiger partial charge on any atom is 0.343 e. The Balaban J connectivity index is 0.980. The van der Waals surface area contributed by atoms with Crippen LogP contribution in [0.2, 0.25) is 0 Å². The SMILES string of the molecule is CC(C)(C)c1ccc(N2c3cc4c(c5c3B(c3sc6cc7ccccc7cc6c32)n2c3ccc(C67CC8CC(CC(C8)C6)C7)cc3c3cc(C67CC8CC(CC(C8)C6)C7)cc-5c32)C(C)(C)c2ccccc2-4)c(-c2ccccc2)c1. The third-order valence-corrected chi connectivity index (χ3v) is 24.5. The first-order chi connectivity index (χ1) is 38.4. The second-order valence-corrected chi connectivity index (χ2v) is 30.4. The number of nitrogens with zero attached hydrogens (tertiary/aromatic N) is 2. The van der Waals surface area contributed by atoms with E-state index in [1.807, 2.05) is 0 Å². The van der Waals surface area contributed by atoms with E-state index in [1.54, 1.807) is 11.1 Å². The second-order valence-electron chi connectivity index (χ2n) is 29.3. The van der Waals surface area contributed by atoms with Gasteiger partial charge in [0.2, 0.25) is 0 Å². The zero-order valence-corrected chi connectivity index (χ0v) is 47.5. The van der Waals surface area contributed by atoms with E-state index in [2.05, 4.69) is 201 Å². The molecule has 11 aliphatic rings. The standard InChI is InChI=1S/C75H69BN2S/c1-72(2,3)51-19-21-62(55(31-51)48-13-7-6-8-14-48)77-64-35-57-54-17-11-12-18-61(54)73(4,5)67(57)66-60-34-53(75-39-45-26-46(40-75)28-47(27-45)41-75)33-58-56-32-52(74-36-42-23-43(37-74)25-44(24-42)38-74)20-22-63(56)78(69(58)60)76(68(64)66)71-70(77)59-29-49-15-9-10-16-50(49)30-65(59)79-71/h6-22,29-35,42-47H,23-28,36-41H2,1-5H3. The van der Waals surface area contributed by atoms with Crippen LogP contribution in [-0.4, -0.2) is 11.3 Å². The summed E-state index contributed by atoms with van der Waals surface area (Å²) in [7, 11) is 0. The van der Waals surface area contributed by atoms with Crippen molar-refractivity contribution in [1.29, 1.82) is 0 Å². The van der Waals surface area contributed by atoms with Gasteiger partial charge in [0.15, 0.2) is 0 Å². The Labute approximate surface area is 470 Å². The molecule has 0 radical (unpaired) electrons. The van der Waals surface area contributed by atoms with Crippen molar-refractivity contribution in [1.82, 2.24) is 4.48 Å². The first kappa shape index (κ1) is 45.4. The molecule has 8 saturated carbocycles. The van der Waals surface area contributed by atoms with Gasteiger partial charge < -0.3 is 9.38 Å². The van der Waals surface area contributed by atoms with Crippen LogP contribution in [0.1, 0.15) is 139 Å². The van der Waals surface area contributed by atoms with E-state index in [9.17, 15) is 0 Å². The van der Waals surface area contributed by atoms with Crippen molar-refractivity contribution < 1.29 is 0 Å². The molecule has 8 aromatic carbocycles. The number of hydrogen-bond acceptors (Lipinski definition) is 2. The third-order valence-electron chi connectivity index (χ3n) is 23.3. The highest BCUT2D eigenvalue weighted by Gasteiger charge is 2.55. The molecule has 0 atom stereocenters. The third kappa shape index (κ3) is 5.95. The highest BCUT2D eigenvalue weighted by molar-refractivity contribution is 7.32. The Morgan fingerprint density at radius 2 is 1.14 bits per heavy atom. The molecule has 21 rings (SSSR count). The van der Waals surface area contributed by atoms with E-state index in [4.69, 9.17) is 0 Å². The van der Waals surface area contributed by atoms with Gasteiger partial charge in [-0.15, -0.1) is 11.3 Å². The minimum absolute atomic E-state index is 0.0149. The number of benzene rings is 8. The molecular formula is C75H69BN2S. The van der Waals surface area contributed by atoms with E-state index in [0.717, 1.165) is 35.5 Å². The van der Waals surface area contributed by atoms with Crippen molar-refractivity contribution >= 4 is 88.2 Å². The molecular weight excluding hydrogens is 972 g/mol. The molecule has 10 aromatic rings. The number of fused-ring (bicyclic) bond motifs is 14. The summed E-state index contributed by atoms with van der Waals surface area (Å²) in [4.78, 5) is 2.81. The fourth-order valence-corrected chi connectivity index (χ4v) is 22.2. The van der Waals surface area contributed by atoms with E-state index < -0.39 is 0 Å². The Hall–Kier alpha value is -6.36. The van der Waals surface area contributed by atoms with Crippen LogP contribution in [-0.2, 0) is 21.7 Å². The molecule has 9 aliphatic carbocycles. The van der Waals surface area contributed by atoms with Crippen LogP contribution in [0.4, 0.5) is 17.1 Å². The lowest BCUT2D eigenvalue weighted by atomic mass is 9.46. The minimum atomic E-state index is -0.212. The maximum atomic E-state index is 2.95. The molecule has 4 heteroatoms. The lowest BCUT2D eigenvalue weighted by molar-refractivity contribution is -0.00527. The zero-order chi connectivity index (χ0) is 52.2. The van der Waals surface area contributed by atoms with Gasteiger partial charge >= 0.3 is 6.85 Å². The summed E-state index contributed by atoms with van der Waals surface area (Å²) < 4.78 is 5.78. The van der Waals surface area contributed by atoms with Gasteiger partial charge in [-0.3, -0.25) is 0 Å². The average Bonchev–Trinajstić information content (AvgIpc) is 3.89. The molecule has 2 aromatic heterocycles. The first-order valence-corrected chi connectivity index (χ1v) is 31.6. The Morgan fingerprint density at radius 1 is 0.519 bits per heavy atom. The molecule has 8 bridgehead atoms. The van der Waals surface area contributed by atoms with Crippen molar-refractivity contribution in [2.45, 2.75) is 133 Å². The highest BCUT2D eigenvalue weighted by atomic mass is 32.1. The molecule has 0 amide bonds. The summed E-state index contributed by atoms with van der Waals surface area (Å²) in [6.07, 6.45) is 17.1. The van der Waals surface area contributed by atoms with E-state index in [-0.39, 0.29) is 23.1 Å². The topological polar surface area (TPSA) is 8.17 Å². The molecule has 388 valence electrons. The number of aromatic nitrogens is 1. The lowest BCUT2D eigenvalue weighted by Gasteiger charge is -2.57. The van der Waals surface area contributed by atoms with Gasteiger partial charge in [0.1, 0.15) is 0 Å². The number of hydrogen-bond donors (Lipinski definition) is 0. The van der Waals surface area contributed by atoms with Crippen molar-refractivity contribution in [3.05, 3.63) is 173 Å². The van der Waals surface area contributed by atoms with E-state index in [0.29, 0.717) is 5.41 Å². The van der Waals surface area contributed by atoms with Crippen LogP contribution in [0.15, 0.2) is 146 Å². The smallest absolute Gasteiger partial charge is 0.343 e.